The van der Waals surface area contributed by atoms with Crippen LogP contribution in [0.25, 0.3) is 0 Å². The maximum Gasteiger partial charge on any atom is 0.256 e. The fraction of sp³-hybridized carbons (Fsp3) is 0.423. The van der Waals surface area contributed by atoms with Gasteiger partial charge in [-0.2, -0.15) is 0 Å². The van der Waals surface area contributed by atoms with Gasteiger partial charge in [-0.1, -0.05) is 11.6 Å². The molecule has 0 spiro atoms. The first kappa shape index (κ1) is 26.3. The third-order valence-electron chi connectivity index (χ3n) is 6.63. The number of likely N-dealkylation sites (N-methyl/N-ethyl adjacent to an activating group) is 1. The van der Waals surface area contributed by atoms with Crippen molar-refractivity contribution in [2.24, 2.45) is 0 Å². The molecule has 8 nitrogen and oxygen atoms in total. The highest BCUT2D eigenvalue weighted by Gasteiger charge is 2.43. The Labute approximate surface area is 222 Å². The molecule has 10 heteroatoms. The van der Waals surface area contributed by atoms with Crippen molar-refractivity contribution in [2.75, 3.05) is 63.6 Å². The van der Waals surface area contributed by atoms with Crippen molar-refractivity contribution in [1.82, 2.24) is 14.7 Å². The van der Waals surface area contributed by atoms with Crippen LogP contribution >= 0.6 is 23.8 Å². The maximum absolute atomic E-state index is 13.6. The van der Waals surface area contributed by atoms with E-state index in [1.54, 1.807) is 43.5 Å². The zero-order valence-corrected chi connectivity index (χ0v) is 22.2. The number of halogens is 1. The Hall–Kier alpha value is -2.72. The first-order chi connectivity index (χ1) is 17.4. The summed E-state index contributed by atoms with van der Waals surface area (Å²) in [6.07, 6.45) is 0.853. The number of hydrogen-bond donors (Lipinski definition) is 1. The number of carbonyl (C=O) groups is 2. The van der Waals surface area contributed by atoms with Gasteiger partial charge in [0.05, 0.1) is 19.2 Å². The summed E-state index contributed by atoms with van der Waals surface area (Å²) in [6, 6.07) is 13.4. The Bertz CT molecular complexity index is 1070. The summed E-state index contributed by atoms with van der Waals surface area (Å²) in [4.78, 5) is 34.7. The Morgan fingerprint density at radius 3 is 2.36 bits per heavy atom. The molecule has 2 aliphatic heterocycles. The van der Waals surface area contributed by atoms with E-state index in [0.29, 0.717) is 33.8 Å². The van der Waals surface area contributed by atoms with Gasteiger partial charge in [0.25, 0.3) is 5.91 Å². The van der Waals surface area contributed by atoms with E-state index < -0.39 is 6.04 Å². The van der Waals surface area contributed by atoms with Crippen LogP contribution in [0, 0.1) is 0 Å². The SMILES string of the molecule is COc1ccc(N2C(=O)[C@H](CC(=O)Nc3ccc(Cl)cc3)N(CCCN3CCN(C)CC3)C2=S)cc1. The minimum atomic E-state index is -0.667. The molecule has 192 valence electrons. The highest BCUT2D eigenvalue weighted by molar-refractivity contribution is 7.80. The van der Waals surface area contributed by atoms with Crippen molar-refractivity contribution in [3.05, 3.63) is 53.6 Å². The molecule has 2 aliphatic rings. The average Bonchev–Trinajstić information content (AvgIpc) is 3.10. The molecule has 0 unspecified atom stereocenters. The Morgan fingerprint density at radius 2 is 1.72 bits per heavy atom. The lowest BCUT2D eigenvalue weighted by molar-refractivity contribution is -0.124. The van der Waals surface area contributed by atoms with E-state index in [2.05, 4.69) is 22.2 Å². The second-order valence-electron chi connectivity index (χ2n) is 9.12. The zero-order valence-electron chi connectivity index (χ0n) is 20.7. The van der Waals surface area contributed by atoms with Crippen molar-refractivity contribution >= 4 is 52.1 Å². The lowest BCUT2D eigenvalue weighted by Crippen LogP contribution is -2.45. The maximum atomic E-state index is 13.6. The Balaban J connectivity index is 1.47. The van der Waals surface area contributed by atoms with Gasteiger partial charge in [-0.15, -0.1) is 0 Å². The molecule has 36 heavy (non-hydrogen) atoms. The molecule has 2 aromatic carbocycles. The molecule has 2 saturated heterocycles. The van der Waals surface area contributed by atoms with E-state index >= 15 is 0 Å². The predicted octanol–water partition coefficient (Wildman–Crippen LogP) is 3.32. The van der Waals surface area contributed by atoms with Crippen LogP contribution in [0.5, 0.6) is 5.75 Å². The third-order valence-corrected chi connectivity index (χ3v) is 7.29. The van der Waals surface area contributed by atoms with E-state index in [0.717, 1.165) is 39.1 Å². The van der Waals surface area contributed by atoms with Gasteiger partial charge >= 0.3 is 0 Å². The van der Waals surface area contributed by atoms with Crippen LogP contribution in [0.15, 0.2) is 48.5 Å². The summed E-state index contributed by atoms with van der Waals surface area (Å²) in [5, 5.41) is 3.88. The van der Waals surface area contributed by atoms with Crippen LogP contribution in [0.3, 0.4) is 0 Å². The van der Waals surface area contributed by atoms with Crippen LogP contribution in [-0.2, 0) is 9.59 Å². The average molecular weight is 530 g/mol. The number of benzene rings is 2. The van der Waals surface area contributed by atoms with Gasteiger partial charge in [-0.3, -0.25) is 14.5 Å². The van der Waals surface area contributed by atoms with Crippen molar-refractivity contribution in [3.8, 4) is 5.75 Å². The van der Waals surface area contributed by atoms with E-state index in [-0.39, 0.29) is 18.2 Å². The smallest absolute Gasteiger partial charge is 0.256 e. The number of hydrogen-bond acceptors (Lipinski definition) is 6. The second kappa shape index (κ2) is 12.0. The molecule has 1 atom stereocenters. The summed E-state index contributed by atoms with van der Waals surface area (Å²) in [7, 11) is 3.73. The quantitative estimate of drug-likeness (QED) is 0.500. The van der Waals surface area contributed by atoms with Gasteiger partial charge in [0, 0.05) is 43.4 Å². The Morgan fingerprint density at radius 1 is 1.06 bits per heavy atom. The molecule has 0 bridgehead atoms. The highest BCUT2D eigenvalue weighted by Crippen LogP contribution is 2.29. The summed E-state index contributed by atoms with van der Waals surface area (Å²) in [5.74, 6) is 0.245. The van der Waals surface area contributed by atoms with E-state index in [4.69, 9.17) is 28.6 Å². The van der Waals surface area contributed by atoms with Gasteiger partial charge in [-0.25, -0.2) is 0 Å². The molecule has 4 rings (SSSR count). The normalized spacial score (nSPS) is 19.1. The summed E-state index contributed by atoms with van der Waals surface area (Å²) in [6.45, 7) is 5.70. The molecule has 2 amide bonds. The molecule has 0 radical (unpaired) electrons. The number of thiocarbonyl (C=S) groups is 1. The summed E-state index contributed by atoms with van der Waals surface area (Å²) in [5.41, 5.74) is 1.29. The first-order valence-electron chi connectivity index (χ1n) is 12.1. The number of carbonyl (C=O) groups excluding carboxylic acids is 2. The lowest BCUT2D eigenvalue weighted by atomic mass is 10.1. The number of ether oxygens (including phenoxy) is 1. The standard InChI is InChI=1S/C26H32ClN5O3S/c1-29-14-16-30(17-15-29)12-3-13-31-23(18-24(33)28-20-6-4-19(27)5-7-20)25(34)32(26(31)36)21-8-10-22(35-2)11-9-21/h4-11,23H,3,12-18H2,1-2H3,(H,28,33)/t23-/m0/s1. The highest BCUT2D eigenvalue weighted by atomic mass is 35.5. The molecular weight excluding hydrogens is 498 g/mol. The van der Waals surface area contributed by atoms with Crippen LogP contribution in [0.2, 0.25) is 5.02 Å². The molecule has 0 aliphatic carbocycles. The molecule has 0 saturated carbocycles. The largest absolute Gasteiger partial charge is 0.497 e. The molecule has 0 aromatic heterocycles. The van der Waals surface area contributed by atoms with Crippen LogP contribution in [0.1, 0.15) is 12.8 Å². The summed E-state index contributed by atoms with van der Waals surface area (Å²) < 4.78 is 5.25. The van der Waals surface area contributed by atoms with Crippen molar-refractivity contribution in [2.45, 2.75) is 18.9 Å². The fourth-order valence-corrected chi connectivity index (χ4v) is 5.05. The Kier molecular flexibility index (Phi) is 8.79. The summed E-state index contributed by atoms with van der Waals surface area (Å²) >= 11 is 11.7. The molecule has 2 fully saturated rings. The number of methoxy groups -OCH3 is 1. The number of piperazine rings is 1. The zero-order chi connectivity index (χ0) is 25.7. The first-order valence-corrected chi connectivity index (χ1v) is 12.9. The van der Waals surface area contributed by atoms with E-state index in [9.17, 15) is 9.59 Å². The molecular formula is C26H32ClN5O3S. The number of nitrogens with one attached hydrogen (secondary N) is 1. The monoisotopic (exact) mass is 529 g/mol. The number of rotatable bonds is 9. The molecule has 1 N–H and O–H groups in total. The van der Waals surface area contributed by atoms with Crippen LogP contribution in [0.4, 0.5) is 11.4 Å². The van der Waals surface area contributed by atoms with Gasteiger partial charge < -0.3 is 24.8 Å². The van der Waals surface area contributed by atoms with Crippen molar-refractivity contribution in [3.63, 3.8) is 0 Å². The van der Waals surface area contributed by atoms with Crippen LogP contribution < -0.4 is 15.0 Å². The number of anilines is 2. The van der Waals surface area contributed by atoms with Gasteiger partial charge in [-0.05, 0) is 80.8 Å². The van der Waals surface area contributed by atoms with E-state index in [1.165, 1.54) is 4.90 Å². The molecule has 2 heterocycles. The van der Waals surface area contributed by atoms with Gasteiger partial charge in [0.1, 0.15) is 11.8 Å². The van der Waals surface area contributed by atoms with Crippen molar-refractivity contribution in [1.29, 1.82) is 0 Å². The minimum absolute atomic E-state index is 0.00274. The number of amides is 2. The third kappa shape index (κ3) is 6.34. The van der Waals surface area contributed by atoms with E-state index in [1.807, 2.05) is 17.0 Å². The fourth-order valence-electron chi connectivity index (χ4n) is 4.51. The number of nitrogens with zero attached hydrogens (tertiary/aromatic N) is 4. The van der Waals surface area contributed by atoms with Gasteiger partial charge in [0.2, 0.25) is 5.91 Å². The topological polar surface area (TPSA) is 68.4 Å². The van der Waals surface area contributed by atoms with Gasteiger partial charge in [0.15, 0.2) is 5.11 Å². The van der Waals surface area contributed by atoms with Crippen molar-refractivity contribution < 1.29 is 14.3 Å². The minimum Gasteiger partial charge on any atom is -0.497 e. The lowest BCUT2D eigenvalue weighted by Gasteiger charge is -2.33. The second-order valence-corrected chi connectivity index (χ2v) is 9.92. The predicted molar refractivity (Wildman–Crippen MR) is 147 cm³/mol. The molecule has 2 aromatic rings. The van der Waals surface area contributed by atoms with Crippen LogP contribution in [-0.4, -0.2) is 91.1 Å².